The molecule has 0 spiro atoms. The van der Waals surface area contributed by atoms with Gasteiger partial charge in [-0.1, -0.05) is 111 Å². The van der Waals surface area contributed by atoms with Gasteiger partial charge in [-0.05, 0) is 93.7 Å². The summed E-state index contributed by atoms with van der Waals surface area (Å²) in [5.41, 5.74) is 14.7. The number of aromatic nitrogens is 3. The molecule has 54 heavy (non-hydrogen) atoms. The predicted molar refractivity (Wildman–Crippen MR) is 222 cm³/mol. The van der Waals surface area contributed by atoms with Gasteiger partial charge in [-0.25, -0.2) is 9.98 Å². The average Bonchev–Trinajstić information content (AvgIpc) is 3.46. The van der Waals surface area contributed by atoms with Gasteiger partial charge in [0.2, 0.25) is 0 Å². The van der Waals surface area contributed by atoms with Crippen LogP contribution in [-0.4, -0.2) is 33.3 Å². The Morgan fingerprint density at radius 2 is 1.24 bits per heavy atom. The molecule has 1 aliphatic rings. The van der Waals surface area contributed by atoms with Crippen molar-refractivity contribution in [2.24, 2.45) is 15.0 Å². The van der Waals surface area contributed by atoms with E-state index in [-0.39, 0.29) is 5.41 Å². The van der Waals surface area contributed by atoms with Crippen LogP contribution < -0.4 is 0 Å². The van der Waals surface area contributed by atoms with E-state index in [0.29, 0.717) is 18.2 Å². The third-order valence-electron chi connectivity index (χ3n) is 10.4. The Kier molecular flexibility index (Phi) is 8.28. The monoisotopic (exact) mass is 696 g/mol. The maximum absolute atomic E-state index is 5.17. The van der Waals surface area contributed by atoms with Crippen LogP contribution in [0.3, 0.4) is 0 Å². The predicted octanol–water partition coefficient (Wildman–Crippen LogP) is 10.9. The molecule has 6 nitrogen and oxygen atoms in total. The molecule has 0 fully saturated rings. The van der Waals surface area contributed by atoms with Crippen molar-refractivity contribution in [1.29, 1.82) is 0 Å². The van der Waals surface area contributed by atoms with Gasteiger partial charge in [-0.2, -0.15) is 0 Å². The van der Waals surface area contributed by atoms with E-state index in [1.54, 1.807) is 12.4 Å². The molecule has 6 aromatic carbocycles. The van der Waals surface area contributed by atoms with E-state index in [4.69, 9.17) is 20.0 Å². The van der Waals surface area contributed by atoms with Crippen molar-refractivity contribution in [2.45, 2.75) is 25.8 Å². The number of rotatable bonds is 6. The summed E-state index contributed by atoms with van der Waals surface area (Å²) in [5, 5.41) is 0.964. The number of hydrogen-bond acceptors (Lipinski definition) is 4. The van der Waals surface area contributed by atoms with Crippen molar-refractivity contribution in [1.82, 2.24) is 15.0 Å². The molecule has 0 saturated heterocycles. The van der Waals surface area contributed by atoms with Crippen molar-refractivity contribution in [3.8, 4) is 33.4 Å². The lowest BCUT2D eigenvalue weighted by Gasteiger charge is -2.22. The number of hydrogen-bond donors (Lipinski definition) is 0. The molecule has 8 aromatic rings. The molecule has 0 N–H and O–H groups in total. The summed E-state index contributed by atoms with van der Waals surface area (Å²) in [6.45, 7) is 8.86. The molecule has 0 bridgehead atoms. The first-order chi connectivity index (χ1) is 26.5. The fourth-order valence-electron chi connectivity index (χ4n) is 7.71. The Balaban J connectivity index is 1.23. The van der Waals surface area contributed by atoms with E-state index in [1.165, 1.54) is 22.3 Å². The van der Waals surface area contributed by atoms with E-state index in [1.807, 2.05) is 72.9 Å². The van der Waals surface area contributed by atoms with E-state index in [0.717, 1.165) is 60.9 Å². The van der Waals surface area contributed by atoms with E-state index < -0.39 is 0 Å². The normalized spacial score (nSPS) is 13.5. The summed E-state index contributed by atoms with van der Waals surface area (Å²) in [5.74, 6) is 1.10. The standard InChI is InChI=1S/C48H36N6/c1-48(2)41-19-11-10-17-37(41)38-21-20-34(28-42(38)48)35-25-31(26-36(27-35)40-29-43-45(52-24-23-50-43)39-18-12-22-51-44(39)40)30-53-47(33-15-8-5-9-16-33)54-46(49-3)32-13-6-4-7-14-32/h4-29H,3,30H2,1-2H3. The van der Waals surface area contributed by atoms with Crippen LogP contribution in [0.25, 0.3) is 55.3 Å². The number of amidine groups is 2. The third kappa shape index (κ3) is 5.88. The van der Waals surface area contributed by atoms with Crippen LogP contribution in [0.1, 0.15) is 41.7 Å². The Morgan fingerprint density at radius 3 is 2.04 bits per heavy atom. The van der Waals surface area contributed by atoms with Crippen LogP contribution in [0, 0.1) is 0 Å². The number of pyridine rings is 1. The second-order valence-electron chi connectivity index (χ2n) is 14.1. The maximum Gasteiger partial charge on any atom is 0.161 e. The molecule has 0 amide bonds. The van der Waals surface area contributed by atoms with Crippen LogP contribution in [0.4, 0.5) is 0 Å². The fraction of sp³-hybridized carbons (Fsp3) is 0.0833. The first-order valence-electron chi connectivity index (χ1n) is 18.1. The summed E-state index contributed by atoms with van der Waals surface area (Å²) in [6.07, 6.45) is 5.31. The van der Waals surface area contributed by atoms with Crippen molar-refractivity contribution in [3.63, 3.8) is 0 Å². The van der Waals surface area contributed by atoms with Gasteiger partial charge in [-0.15, -0.1) is 0 Å². The zero-order valence-electron chi connectivity index (χ0n) is 30.1. The van der Waals surface area contributed by atoms with Gasteiger partial charge < -0.3 is 0 Å². The Hall–Kier alpha value is -6.92. The van der Waals surface area contributed by atoms with Crippen LogP contribution >= 0.6 is 0 Å². The zero-order chi connectivity index (χ0) is 36.6. The fourth-order valence-corrected chi connectivity index (χ4v) is 7.71. The smallest absolute Gasteiger partial charge is 0.161 e. The number of aliphatic imine (C=N–C) groups is 3. The Bertz CT molecular complexity index is 2780. The molecule has 258 valence electrons. The van der Waals surface area contributed by atoms with E-state index in [9.17, 15) is 0 Å². The summed E-state index contributed by atoms with van der Waals surface area (Å²) in [6, 6.07) is 48.4. The van der Waals surface area contributed by atoms with Crippen LogP contribution in [0.5, 0.6) is 0 Å². The van der Waals surface area contributed by atoms with E-state index in [2.05, 4.69) is 103 Å². The first-order valence-corrected chi connectivity index (χ1v) is 18.1. The summed E-state index contributed by atoms with van der Waals surface area (Å²) < 4.78 is 0. The van der Waals surface area contributed by atoms with Gasteiger partial charge in [0, 0.05) is 46.1 Å². The molecule has 0 aliphatic heterocycles. The highest BCUT2D eigenvalue weighted by Gasteiger charge is 2.35. The van der Waals surface area contributed by atoms with Gasteiger partial charge in [0.1, 0.15) is 0 Å². The molecule has 6 heteroatoms. The van der Waals surface area contributed by atoms with Crippen molar-refractivity contribution >= 4 is 40.3 Å². The molecule has 0 saturated carbocycles. The highest BCUT2D eigenvalue weighted by Crippen LogP contribution is 2.49. The minimum absolute atomic E-state index is 0.123. The average molecular weight is 697 g/mol. The molecule has 0 atom stereocenters. The van der Waals surface area contributed by atoms with Crippen LogP contribution in [0.15, 0.2) is 173 Å². The summed E-state index contributed by atoms with van der Waals surface area (Å²) >= 11 is 0. The quantitative estimate of drug-likeness (QED) is 0.0986. The lowest BCUT2D eigenvalue weighted by Crippen LogP contribution is -2.14. The molecule has 2 heterocycles. The highest BCUT2D eigenvalue weighted by atomic mass is 15.0. The van der Waals surface area contributed by atoms with Crippen molar-refractivity contribution < 1.29 is 0 Å². The van der Waals surface area contributed by atoms with Crippen molar-refractivity contribution in [2.75, 3.05) is 0 Å². The van der Waals surface area contributed by atoms with Crippen LogP contribution in [-0.2, 0) is 12.0 Å². The minimum Gasteiger partial charge on any atom is -0.261 e. The third-order valence-corrected chi connectivity index (χ3v) is 10.4. The number of nitrogens with zero attached hydrogens (tertiary/aromatic N) is 6. The lowest BCUT2D eigenvalue weighted by molar-refractivity contribution is 0.660. The minimum atomic E-state index is -0.123. The largest absolute Gasteiger partial charge is 0.261 e. The molecule has 2 aromatic heterocycles. The molecular weight excluding hydrogens is 661 g/mol. The Labute approximate surface area is 314 Å². The SMILES string of the molecule is C=NC(=NC(=NCc1cc(-c2ccc3c(c2)C(C)(C)c2ccccc2-3)cc(-c2cc3nccnc3c3cccnc23)c1)c1ccccc1)c1ccccc1. The van der Waals surface area contributed by atoms with Gasteiger partial charge in [0.25, 0.3) is 0 Å². The lowest BCUT2D eigenvalue weighted by atomic mass is 9.81. The topological polar surface area (TPSA) is 75.8 Å². The second kappa shape index (κ2) is 13.6. The first kappa shape index (κ1) is 33.0. The Morgan fingerprint density at radius 1 is 0.556 bits per heavy atom. The molecule has 0 unspecified atom stereocenters. The number of benzene rings is 6. The summed E-state index contributed by atoms with van der Waals surface area (Å²) in [4.78, 5) is 28.7. The number of fused-ring (bicyclic) bond motifs is 6. The molecule has 0 radical (unpaired) electrons. The van der Waals surface area contributed by atoms with Gasteiger partial charge >= 0.3 is 0 Å². The van der Waals surface area contributed by atoms with Gasteiger partial charge in [0.05, 0.1) is 23.1 Å². The highest BCUT2D eigenvalue weighted by molar-refractivity contribution is 6.13. The van der Waals surface area contributed by atoms with Gasteiger partial charge in [-0.3, -0.25) is 19.9 Å². The van der Waals surface area contributed by atoms with E-state index >= 15 is 0 Å². The molecule has 9 rings (SSSR count). The maximum atomic E-state index is 5.17. The second-order valence-corrected chi connectivity index (χ2v) is 14.1. The molecule has 1 aliphatic carbocycles. The van der Waals surface area contributed by atoms with Crippen LogP contribution in [0.2, 0.25) is 0 Å². The zero-order valence-corrected chi connectivity index (χ0v) is 30.1. The molecular formula is C48H36N6. The van der Waals surface area contributed by atoms with Gasteiger partial charge in [0.15, 0.2) is 11.7 Å². The summed E-state index contributed by atoms with van der Waals surface area (Å²) in [7, 11) is 0. The van der Waals surface area contributed by atoms with Crippen molar-refractivity contribution in [3.05, 3.63) is 186 Å².